The third-order valence-corrected chi connectivity index (χ3v) is 2.94. The van der Waals surface area contributed by atoms with Crippen molar-refractivity contribution in [2.45, 2.75) is 26.8 Å². The number of aromatic nitrogens is 2. The van der Waals surface area contributed by atoms with Crippen molar-refractivity contribution in [1.29, 1.82) is 0 Å². The molecule has 0 atom stereocenters. The summed E-state index contributed by atoms with van der Waals surface area (Å²) in [4.78, 5) is 0. The zero-order valence-electron chi connectivity index (χ0n) is 10.1. The first-order valence-corrected chi connectivity index (χ1v) is 5.92. The van der Waals surface area contributed by atoms with Crippen LogP contribution in [0.3, 0.4) is 0 Å². The van der Waals surface area contributed by atoms with Gasteiger partial charge in [-0.3, -0.25) is 4.68 Å². The molecule has 0 spiro atoms. The maximum atomic E-state index is 10.1. The molecule has 0 bridgehead atoms. The fraction of sp³-hybridized carbons (Fsp3) is 0.308. The summed E-state index contributed by atoms with van der Waals surface area (Å²) in [7, 11) is 0. The Labute approximate surface area is 106 Å². The molecule has 0 saturated heterocycles. The summed E-state index contributed by atoms with van der Waals surface area (Å²) in [5.74, 6) is 0.223. The number of halogens is 1. The van der Waals surface area contributed by atoms with E-state index in [0.717, 1.165) is 11.3 Å². The van der Waals surface area contributed by atoms with Crippen molar-refractivity contribution >= 4 is 11.6 Å². The summed E-state index contributed by atoms with van der Waals surface area (Å²) in [6.45, 7) is 5.92. The molecule has 17 heavy (non-hydrogen) atoms. The van der Waals surface area contributed by atoms with Crippen molar-refractivity contribution in [2.75, 3.05) is 0 Å². The van der Waals surface area contributed by atoms with Crippen molar-refractivity contribution in [3.63, 3.8) is 0 Å². The minimum atomic E-state index is 0.217. The predicted molar refractivity (Wildman–Crippen MR) is 69.5 cm³/mol. The Hall–Kier alpha value is -1.48. The topological polar surface area (TPSA) is 38.1 Å². The lowest BCUT2D eigenvalue weighted by Crippen LogP contribution is -2.04. The van der Waals surface area contributed by atoms with E-state index in [4.69, 9.17) is 11.6 Å². The van der Waals surface area contributed by atoms with Gasteiger partial charge in [-0.15, -0.1) is 0 Å². The molecule has 0 fully saturated rings. The van der Waals surface area contributed by atoms with Crippen molar-refractivity contribution in [2.24, 2.45) is 0 Å². The van der Waals surface area contributed by atoms with Gasteiger partial charge in [0.1, 0.15) is 5.69 Å². The molecule has 0 aliphatic carbocycles. The molecule has 1 aromatic heterocycles. The lowest BCUT2D eigenvalue weighted by Gasteiger charge is -2.06. The molecular formula is C13H15ClN2O. The van der Waals surface area contributed by atoms with E-state index in [0.29, 0.717) is 10.7 Å². The summed E-state index contributed by atoms with van der Waals surface area (Å²) in [5.41, 5.74) is 2.19. The molecule has 1 N–H and O–H groups in total. The zero-order chi connectivity index (χ0) is 12.6. The third-order valence-electron chi connectivity index (χ3n) is 2.71. The van der Waals surface area contributed by atoms with Crippen LogP contribution in [0.15, 0.2) is 24.3 Å². The van der Waals surface area contributed by atoms with Crippen molar-refractivity contribution < 1.29 is 5.11 Å². The first-order chi connectivity index (χ1) is 8.00. The van der Waals surface area contributed by atoms with Gasteiger partial charge in [0.25, 0.3) is 0 Å². The smallest absolute Gasteiger partial charge is 0.164 e. The monoisotopic (exact) mass is 250 g/mol. The van der Waals surface area contributed by atoms with E-state index < -0.39 is 0 Å². The summed E-state index contributed by atoms with van der Waals surface area (Å²) < 4.78 is 1.81. The molecule has 3 nitrogen and oxygen atoms in total. The molecule has 0 aliphatic heterocycles. The summed E-state index contributed by atoms with van der Waals surface area (Å²) in [5, 5.41) is 15.2. The number of hydrogen-bond donors (Lipinski definition) is 1. The number of rotatable bonds is 2. The number of aromatic hydroxyl groups is 1. The highest BCUT2D eigenvalue weighted by atomic mass is 35.5. The van der Waals surface area contributed by atoms with E-state index >= 15 is 0 Å². The molecule has 1 heterocycles. The van der Waals surface area contributed by atoms with Gasteiger partial charge < -0.3 is 5.11 Å². The predicted octanol–water partition coefficient (Wildman–Crippen LogP) is 3.80. The van der Waals surface area contributed by atoms with Crippen LogP contribution in [0.4, 0.5) is 0 Å². The van der Waals surface area contributed by atoms with Gasteiger partial charge in [-0.05, 0) is 32.9 Å². The highest BCUT2D eigenvalue weighted by Gasteiger charge is 2.16. The Morgan fingerprint density at radius 3 is 2.59 bits per heavy atom. The Morgan fingerprint density at radius 2 is 2.06 bits per heavy atom. The third kappa shape index (κ3) is 2.15. The van der Waals surface area contributed by atoms with Crippen LogP contribution in [0.2, 0.25) is 5.02 Å². The average Bonchev–Trinajstić information content (AvgIpc) is 2.56. The molecule has 2 aromatic rings. The van der Waals surface area contributed by atoms with Gasteiger partial charge in [0.05, 0.1) is 5.69 Å². The normalized spacial score (nSPS) is 11.1. The van der Waals surface area contributed by atoms with Gasteiger partial charge in [0, 0.05) is 16.6 Å². The zero-order valence-corrected chi connectivity index (χ0v) is 10.9. The van der Waals surface area contributed by atoms with Crippen LogP contribution in [0, 0.1) is 6.92 Å². The maximum absolute atomic E-state index is 10.1. The Kier molecular flexibility index (Phi) is 3.11. The second kappa shape index (κ2) is 4.41. The van der Waals surface area contributed by atoms with Crippen molar-refractivity contribution in [1.82, 2.24) is 9.78 Å². The van der Waals surface area contributed by atoms with Crippen LogP contribution in [0.25, 0.3) is 11.3 Å². The van der Waals surface area contributed by atoms with Gasteiger partial charge in [-0.2, -0.15) is 5.10 Å². The van der Waals surface area contributed by atoms with Crippen LogP contribution >= 0.6 is 11.6 Å². The maximum Gasteiger partial charge on any atom is 0.164 e. The molecular weight excluding hydrogens is 236 g/mol. The van der Waals surface area contributed by atoms with E-state index in [1.807, 2.05) is 37.6 Å². The fourth-order valence-electron chi connectivity index (χ4n) is 1.84. The molecule has 2 rings (SSSR count). The summed E-state index contributed by atoms with van der Waals surface area (Å²) in [6.07, 6.45) is 0. The van der Waals surface area contributed by atoms with E-state index in [2.05, 4.69) is 5.10 Å². The SMILES string of the molecule is Cc1c(O)c(-c2cccc(Cl)c2)nn1C(C)C. The first kappa shape index (κ1) is 12.0. The van der Waals surface area contributed by atoms with Crippen molar-refractivity contribution in [3.8, 4) is 17.0 Å². The standard InChI is InChI=1S/C13H15ClN2O/c1-8(2)16-9(3)13(17)12(15-16)10-5-4-6-11(14)7-10/h4-8,17H,1-3H3. The molecule has 0 unspecified atom stereocenters. The van der Waals surface area contributed by atoms with Crippen LogP contribution in [0.1, 0.15) is 25.6 Å². The second-order valence-electron chi connectivity index (χ2n) is 4.33. The molecule has 0 saturated carbocycles. The first-order valence-electron chi connectivity index (χ1n) is 5.54. The lowest BCUT2D eigenvalue weighted by molar-refractivity contribution is 0.461. The largest absolute Gasteiger partial charge is 0.504 e. The molecule has 4 heteroatoms. The summed E-state index contributed by atoms with van der Waals surface area (Å²) in [6, 6.07) is 7.55. The van der Waals surface area contributed by atoms with Gasteiger partial charge >= 0.3 is 0 Å². The van der Waals surface area contributed by atoms with Gasteiger partial charge in [0.2, 0.25) is 0 Å². The number of hydrogen-bond acceptors (Lipinski definition) is 2. The number of nitrogens with zero attached hydrogens (tertiary/aromatic N) is 2. The summed E-state index contributed by atoms with van der Waals surface area (Å²) >= 11 is 5.94. The molecule has 0 amide bonds. The highest BCUT2D eigenvalue weighted by Crippen LogP contribution is 2.33. The Morgan fingerprint density at radius 1 is 1.35 bits per heavy atom. The fourth-order valence-corrected chi connectivity index (χ4v) is 2.03. The van der Waals surface area contributed by atoms with Gasteiger partial charge in [-0.25, -0.2) is 0 Å². The van der Waals surface area contributed by atoms with Gasteiger partial charge in [-0.1, -0.05) is 23.7 Å². The Bertz CT molecular complexity index is 546. The minimum Gasteiger partial charge on any atom is -0.504 e. The lowest BCUT2D eigenvalue weighted by atomic mass is 10.1. The number of benzene rings is 1. The van der Waals surface area contributed by atoms with Crippen molar-refractivity contribution in [3.05, 3.63) is 35.0 Å². The van der Waals surface area contributed by atoms with Crippen LogP contribution in [-0.4, -0.2) is 14.9 Å². The second-order valence-corrected chi connectivity index (χ2v) is 4.77. The molecule has 0 aliphatic rings. The van der Waals surface area contributed by atoms with Gasteiger partial charge in [0.15, 0.2) is 5.75 Å². The van der Waals surface area contributed by atoms with Crippen LogP contribution < -0.4 is 0 Å². The van der Waals surface area contributed by atoms with Crippen LogP contribution in [-0.2, 0) is 0 Å². The molecule has 90 valence electrons. The van der Waals surface area contributed by atoms with E-state index in [1.165, 1.54) is 0 Å². The Balaban J connectivity index is 2.57. The molecule has 0 radical (unpaired) electrons. The van der Waals surface area contributed by atoms with E-state index in [1.54, 1.807) is 12.1 Å². The minimum absolute atomic E-state index is 0.217. The quantitative estimate of drug-likeness (QED) is 0.880. The highest BCUT2D eigenvalue weighted by molar-refractivity contribution is 6.30. The van der Waals surface area contributed by atoms with Crippen LogP contribution in [0.5, 0.6) is 5.75 Å². The molecule has 1 aromatic carbocycles. The average molecular weight is 251 g/mol. The van der Waals surface area contributed by atoms with E-state index in [-0.39, 0.29) is 11.8 Å². The van der Waals surface area contributed by atoms with E-state index in [9.17, 15) is 5.11 Å².